The molecule has 0 heterocycles. The third-order valence-electron chi connectivity index (χ3n) is 5.85. The number of halogens is 2. The number of rotatable bonds is 9. The molecule has 0 spiro atoms. The van der Waals surface area contributed by atoms with Gasteiger partial charge in [-0.2, -0.15) is 0 Å². The third kappa shape index (κ3) is 11.9. The van der Waals surface area contributed by atoms with E-state index in [4.69, 9.17) is 38.4 Å². The zero-order chi connectivity index (χ0) is 32.5. The molecule has 4 aromatic carbocycles. The summed E-state index contributed by atoms with van der Waals surface area (Å²) in [5, 5.41) is 18.2. The van der Waals surface area contributed by atoms with Gasteiger partial charge in [-0.05, 0) is 59.4 Å². The number of nitrogen functional groups attached to an aromatic ring is 1. The molecular formula is C34H40Cl2N4O4. The summed E-state index contributed by atoms with van der Waals surface area (Å²) in [5.41, 5.74) is 8.57. The molecule has 0 aliphatic rings. The van der Waals surface area contributed by atoms with Crippen LogP contribution in [0, 0.1) is 20.9 Å². The van der Waals surface area contributed by atoms with Crippen LogP contribution in [0.1, 0.15) is 41.5 Å². The van der Waals surface area contributed by atoms with Gasteiger partial charge in [-0.25, -0.2) is 0 Å². The molecule has 234 valence electrons. The molecule has 4 aromatic rings. The van der Waals surface area contributed by atoms with E-state index in [1.54, 1.807) is 24.3 Å². The van der Waals surface area contributed by atoms with Crippen molar-refractivity contribution in [2.24, 2.45) is 10.8 Å². The quantitative estimate of drug-likeness (QED) is 0.0949. The lowest BCUT2D eigenvalue weighted by molar-refractivity contribution is -0.384. The highest BCUT2D eigenvalue weighted by atomic mass is 35.5. The number of nitro groups is 1. The van der Waals surface area contributed by atoms with E-state index in [2.05, 4.69) is 52.2 Å². The molecule has 0 atom stereocenters. The smallest absolute Gasteiger partial charge is 0.271 e. The number of hydrogen-bond acceptors (Lipinski definition) is 7. The van der Waals surface area contributed by atoms with E-state index in [1.807, 2.05) is 42.5 Å². The van der Waals surface area contributed by atoms with Gasteiger partial charge in [-0.3, -0.25) is 10.1 Å². The molecule has 0 aliphatic heterocycles. The topological polar surface area (TPSA) is 112 Å². The summed E-state index contributed by atoms with van der Waals surface area (Å²) in [5.74, 6) is 2.32. The summed E-state index contributed by atoms with van der Waals surface area (Å²) in [7, 11) is 0. The molecule has 4 N–H and O–H groups in total. The van der Waals surface area contributed by atoms with E-state index >= 15 is 0 Å². The Hall–Kier alpha value is -4.14. The molecule has 0 bridgehead atoms. The van der Waals surface area contributed by atoms with Gasteiger partial charge in [0.2, 0.25) is 0 Å². The second kappa shape index (κ2) is 15.0. The van der Waals surface area contributed by atoms with Crippen molar-refractivity contribution in [3.8, 4) is 23.0 Å². The first-order valence-electron chi connectivity index (χ1n) is 14.1. The van der Waals surface area contributed by atoms with Gasteiger partial charge in [0.25, 0.3) is 5.69 Å². The van der Waals surface area contributed by atoms with Crippen LogP contribution in [0.4, 0.5) is 22.7 Å². The number of nitrogens with two attached hydrogens (primary N) is 1. The first-order valence-corrected chi connectivity index (χ1v) is 14.9. The molecule has 0 saturated carbocycles. The predicted molar refractivity (Wildman–Crippen MR) is 183 cm³/mol. The Morgan fingerprint density at radius 3 is 1.57 bits per heavy atom. The summed E-state index contributed by atoms with van der Waals surface area (Å²) in [6.45, 7) is 14.7. The third-order valence-corrected chi connectivity index (χ3v) is 6.44. The number of non-ortho nitro benzene ring substituents is 1. The van der Waals surface area contributed by atoms with Crippen LogP contribution in [0.25, 0.3) is 0 Å². The van der Waals surface area contributed by atoms with Crippen molar-refractivity contribution in [3.63, 3.8) is 0 Å². The van der Waals surface area contributed by atoms with E-state index in [1.165, 1.54) is 18.2 Å². The van der Waals surface area contributed by atoms with Crippen LogP contribution in [-0.2, 0) is 0 Å². The molecule has 0 radical (unpaired) electrons. The highest BCUT2D eigenvalue weighted by Gasteiger charge is 2.13. The van der Waals surface area contributed by atoms with Crippen molar-refractivity contribution >= 4 is 46.0 Å². The number of benzene rings is 4. The van der Waals surface area contributed by atoms with Crippen LogP contribution >= 0.6 is 23.2 Å². The second-order valence-electron chi connectivity index (χ2n) is 12.6. The maximum Gasteiger partial charge on any atom is 0.271 e. The average Bonchev–Trinajstić information content (AvgIpc) is 2.93. The molecule has 10 heteroatoms. The molecule has 44 heavy (non-hydrogen) atoms. The van der Waals surface area contributed by atoms with Crippen LogP contribution < -0.4 is 25.8 Å². The zero-order valence-electron chi connectivity index (χ0n) is 25.9. The lowest BCUT2D eigenvalue weighted by Gasteiger charge is -2.20. The molecule has 0 aromatic heterocycles. The van der Waals surface area contributed by atoms with Gasteiger partial charge >= 0.3 is 0 Å². The highest BCUT2D eigenvalue weighted by molar-refractivity contribution is 6.32. The van der Waals surface area contributed by atoms with Crippen molar-refractivity contribution in [3.05, 3.63) is 105 Å². The normalized spacial score (nSPS) is 11.2. The van der Waals surface area contributed by atoms with Crippen molar-refractivity contribution in [2.45, 2.75) is 41.5 Å². The van der Waals surface area contributed by atoms with Crippen molar-refractivity contribution < 1.29 is 14.4 Å². The SMILES string of the molecule is CC(C)(C)CNc1cccc(Oc2ccc(N)cc2Cl)c1.CC(C)(C)CNc1cccc(Oc2ccc([N+](=O)[O-])cc2Cl)c1. The van der Waals surface area contributed by atoms with Crippen LogP contribution in [0.3, 0.4) is 0 Å². The van der Waals surface area contributed by atoms with E-state index in [0.717, 1.165) is 30.2 Å². The standard InChI is InChI=1S/C17H19ClN2O3.C17H21ClN2O/c1-17(2,3)11-19-12-5-4-6-14(9-12)23-16-8-7-13(20(21)22)10-15(16)18;1-17(2,3)11-20-13-5-4-6-14(10-13)21-16-8-7-12(19)9-15(16)18/h4-10,19H,11H2,1-3H3;4-10,20H,11,19H2,1-3H3. The first-order chi connectivity index (χ1) is 20.6. The van der Waals surface area contributed by atoms with Gasteiger partial charge in [-0.1, -0.05) is 76.9 Å². The largest absolute Gasteiger partial charge is 0.456 e. The summed E-state index contributed by atoms with van der Waals surface area (Å²) in [6, 6.07) is 24.7. The van der Waals surface area contributed by atoms with E-state index in [-0.39, 0.29) is 21.5 Å². The second-order valence-corrected chi connectivity index (χ2v) is 13.5. The Morgan fingerprint density at radius 2 is 1.16 bits per heavy atom. The van der Waals surface area contributed by atoms with Crippen LogP contribution in [0.5, 0.6) is 23.0 Å². The van der Waals surface area contributed by atoms with Gasteiger partial charge in [0, 0.05) is 54.4 Å². The number of ether oxygens (including phenoxy) is 2. The zero-order valence-corrected chi connectivity index (χ0v) is 27.4. The summed E-state index contributed by atoms with van der Waals surface area (Å²) in [6.07, 6.45) is 0. The monoisotopic (exact) mass is 638 g/mol. The minimum atomic E-state index is -0.493. The molecule has 8 nitrogen and oxygen atoms in total. The van der Waals surface area contributed by atoms with Crippen LogP contribution in [-0.4, -0.2) is 18.0 Å². The van der Waals surface area contributed by atoms with Gasteiger partial charge in [-0.15, -0.1) is 0 Å². The molecule has 4 rings (SSSR count). The Bertz CT molecular complexity index is 1570. The number of nitro benzene ring substituents is 1. The minimum Gasteiger partial charge on any atom is -0.456 e. The van der Waals surface area contributed by atoms with Crippen molar-refractivity contribution in [1.29, 1.82) is 0 Å². The van der Waals surface area contributed by atoms with Crippen LogP contribution in [0.15, 0.2) is 84.9 Å². The summed E-state index contributed by atoms with van der Waals surface area (Å²) in [4.78, 5) is 10.2. The van der Waals surface area contributed by atoms with Crippen molar-refractivity contribution in [2.75, 3.05) is 29.5 Å². The number of hydrogen-bond donors (Lipinski definition) is 3. The fraction of sp³-hybridized carbons (Fsp3) is 0.294. The molecule has 0 amide bonds. The fourth-order valence-corrected chi connectivity index (χ4v) is 4.05. The highest BCUT2D eigenvalue weighted by Crippen LogP contribution is 2.34. The van der Waals surface area contributed by atoms with Gasteiger partial charge in [0.1, 0.15) is 23.0 Å². The lowest BCUT2D eigenvalue weighted by Crippen LogP contribution is -2.18. The number of nitrogens with one attached hydrogen (secondary N) is 2. The Kier molecular flexibility index (Phi) is 11.7. The van der Waals surface area contributed by atoms with Crippen LogP contribution in [0.2, 0.25) is 10.0 Å². The molecule has 0 fully saturated rings. The van der Waals surface area contributed by atoms with E-state index in [0.29, 0.717) is 28.0 Å². The van der Waals surface area contributed by atoms with E-state index in [9.17, 15) is 10.1 Å². The maximum absolute atomic E-state index is 10.7. The number of anilines is 3. The Morgan fingerprint density at radius 1 is 0.705 bits per heavy atom. The van der Waals surface area contributed by atoms with Gasteiger partial charge in [0.05, 0.1) is 15.0 Å². The van der Waals surface area contributed by atoms with E-state index < -0.39 is 4.92 Å². The first kappa shape index (κ1) is 34.4. The molecular weight excluding hydrogens is 599 g/mol. The fourth-order valence-electron chi connectivity index (χ4n) is 3.61. The summed E-state index contributed by atoms with van der Waals surface area (Å²) < 4.78 is 11.5. The number of nitrogens with zero attached hydrogens (tertiary/aromatic N) is 1. The summed E-state index contributed by atoms with van der Waals surface area (Å²) >= 11 is 12.2. The van der Waals surface area contributed by atoms with Crippen molar-refractivity contribution in [1.82, 2.24) is 0 Å². The molecule has 0 saturated heterocycles. The van der Waals surface area contributed by atoms with Gasteiger partial charge < -0.3 is 25.8 Å². The average molecular weight is 640 g/mol. The molecule has 0 unspecified atom stereocenters. The predicted octanol–water partition coefficient (Wildman–Crippen LogP) is 10.7. The Labute approximate surface area is 269 Å². The minimum absolute atomic E-state index is 0.0667. The molecule has 0 aliphatic carbocycles. The van der Waals surface area contributed by atoms with Gasteiger partial charge in [0.15, 0.2) is 0 Å². The Balaban J connectivity index is 0.000000241. The lowest BCUT2D eigenvalue weighted by atomic mass is 9.97. The maximum atomic E-state index is 10.7.